The van der Waals surface area contributed by atoms with Crippen LogP contribution < -0.4 is 5.32 Å². The molecule has 0 bridgehead atoms. The molecule has 1 aromatic carbocycles. The maximum atomic E-state index is 13.5. The lowest BCUT2D eigenvalue weighted by molar-refractivity contribution is 0.548. The van der Waals surface area contributed by atoms with Gasteiger partial charge in [-0.05, 0) is 42.8 Å². The van der Waals surface area contributed by atoms with E-state index < -0.39 is 0 Å². The van der Waals surface area contributed by atoms with Crippen molar-refractivity contribution in [2.24, 2.45) is 0 Å². The molecule has 0 saturated carbocycles. The highest BCUT2D eigenvalue weighted by molar-refractivity contribution is 9.10. The minimum atomic E-state index is -0.251. The van der Waals surface area contributed by atoms with Crippen LogP contribution in [0.1, 0.15) is 24.1 Å². The number of likely N-dealkylation sites (N-methyl/N-ethyl adjacent to an activating group) is 1. The Hall–Kier alpha value is -0.130. The van der Waals surface area contributed by atoms with Crippen molar-refractivity contribution in [3.05, 3.63) is 54.4 Å². The van der Waals surface area contributed by atoms with Crippen molar-refractivity contribution >= 4 is 50.5 Å². The molecular weight excluding hydrogens is 384 g/mol. The number of hydrogen-bond donors (Lipinski definition) is 1. The molecule has 0 spiro atoms. The summed E-state index contributed by atoms with van der Waals surface area (Å²) in [5, 5.41) is 3.37. The molecule has 2 aromatic rings. The summed E-state index contributed by atoms with van der Waals surface area (Å²) < 4.78 is 15.5. The van der Waals surface area contributed by atoms with Gasteiger partial charge in [-0.15, -0.1) is 11.3 Å². The van der Waals surface area contributed by atoms with Crippen LogP contribution in [0.2, 0.25) is 8.67 Å². The summed E-state index contributed by atoms with van der Waals surface area (Å²) in [7, 11) is 0. The maximum absolute atomic E-state index is 13.5. The van der Waals surface area contributed by atoms with E-state index in [9.17, 15) is 4.39 Å². The van der Waals surface area contributed by atoms with E-state index in [2.05, 4.69) is 21.2 Å². The van der Waals surface area contributed by atoms with Gasteiger partial charge in [0.2, 0.25) is 0 Å². The molecule has 0 fully saturated rings. The summed E-state index contributed by atoms with van der Waals surface area (Å²) in [6.45, 7) is 2.82. The second-order valence-corrected chi connectivity index (χ2v) is 7.57. The van der Waals surface area contributed by atoms with Crippen molar-refractivity contribution in [1.82, 2.24) is 5.32 Å². The summed E-state index contributed by atoms with van der Waals surface area (Å²) in [6, 6.07) is 6.79. The molecular formula is C14H13BrCl2FNS. The highest BCUT2D eigenvalue weighted by Crippen LogP contribution is 2.36. The Morgan fingerprint density at radius 3 is 2.60 bits per heavy atom. The zero-order chi connectivity index (χ0) is 14.7. The number of hydrogen-bond acceptors (Lipinski definition) is 2. The van der Waals surface area contributed by atoms with Crippen molar-refractivity contribution in [2.45, 2.75) is 19.4 Å². The van der Waals surface area contributed by atoms with Crippen LogP contribution in [-0.4, -0.2) is 6.54 Å². The van der Waals surface area contributed by atoms with E-state index in [1.54, 1.807) is 0 Å². The van der Waals surface area contributed by atoms with E-state index in [0.717, 1.165) is 22.1 Å². The maximum Gasteiger partial charge on any atom is 0.124 e. The molecule has 20 heavy (non-hydrogen) atoms. The normalized spacial score (nSPS) is 12.7. The van der Waals surface area contributed by atoms with Crippen LogP contribution in [0.15, 0.2) is 28.7 Å². The van der Waals surface area contributed by atoms with Crippen LogP contribution in [0.4, 0.5) is 4.39 Å². The summed E-state index contributed by atoms with van der Waals surface area (Å²) in [5.74, 6) is -0.251. The Bertz CT molecular complexity index is 583. The van der Waals surface area contributed by atoms with Crippen LogP contribution in [-0.2, 0) is 6.42 Å². The van der Waals surface area contributed by atoms with E-state index in [4.69, 9.17) is 23.2 Å². The average molecular weight is 397 g/mol. The van der Waals surface area contributed by atoms with E-state index >= 15 is 0 Å². The van der Waals surface area contributed by atoms with Gasteiger partial charge >= 0.3 is 0 Å². The smallest absolute Gasteiger partial charge is 0.124 e. The van der Waals surface area contributed by atoms with Crippen molar-refractivity contribution < 1.29 is 4.39 Å². The van der Waals surface area contributed by atoms with Crippen LogP contribution >= 0.6 is 50.5 Å². The first-order valence-electron chi connectivity index (χ1n) is 6.12. The third kappa shape index (κ3) is 4.18. The minimum Gasteiger partial charge on any atom is -0.310 e. The third-order valence-electron chi connectivity index (χ3n) is 2.87. The van der Waals surface area contributed by atoms with Gasteiger partial charge in [-0.25, -0.2) is 4.39 Å². The Kier molecular flexibility index (Phi) is 5.87. The minimum absolute atomic E-state index is 0.0185. The molecule has 0 amide bonds. The van der Waals surface area contributed by atoms with Gasteiger partial charge in [0.1, 0.15) is 5.82 Å². The summed E-state index contributed by atoms with van der Waals surface area (Å²) in [4.78, 5) is 0. The summed E-state index contributed by atoms with van der Waals surface area (Å²) in [6.07, 6.45) is 0.650. The van der Waals surface area contributed by atoms with E-state index in [1.807, 2.05) is 19.1 Å². The largest absolute Gasteiger partial charge is 0.310 e. The molecule has 6 heteroatoms. The zero-order valence-electron chi connectivity index (χ0n) is 10.7. The lowest BCUT2D eigenvalue weighted by Crippen LogP contribution is -2.22. The summed E-state index contributed by atoms with van der Waals surface area (Å²) in [5.41, 5.74) is 1.87. The van der Waals surface area contributed by atoms with Crippen LogP contribution in [0.3, 0.4) is 0 Å². The number of thiophene rings is 1. The Morgan fingerprint density at radius 1 is 1.30 bits per heavy atom. The van der Waals surface area contributed by atoms with Crippen molar-refractivity contribution in [3.8, 4) is 0 Å². The predicted octanol–water partition coefficient (Wildman–Crippen LogP) is 5.85. The van der Waals surface area contributed by atoms with Gasteiger partial charge in [0.05, 0.1) is 8.67 Å². The SMILES string of the molecule is CCNC(Cc1cc(F)cc(Br)c1)c1cc(Cl)sc1Cl. The molecule has 1 nitrogen and oxygen atoms in total. The fourth-order valence-electron chi connectivity index (χ4n) is 2.09. The lowest BCUT2D eigenvalue weighted by atomic mass is 10.0. The fourth-order valence-corrected chi connectivity index (χ4v) is 4.19. The first kappa shape index (κ1) is 16.2. The Labute approximate surface area is 140 Å². The predicted molar refractivity (Wildman–Crippen MR) is 88.6 cm³/mol. The molecule has 108 valence electrons. The van der Waals surface area contributed by atoms with Crippen molar-refractivity contribution in [1.29, 1.82) is 0 Å². The highest BCUT2D eigenvalue weighted by Gasteiger charge is 2.18. The number of rotatable bonds is 5. The first-order chi connectivity index (χ1) is 9.49. The molecule has 1 unspecified atom stereocenters. The van der Waals surface area contributed by atoms with Crippen LogP contribution in [0.25, 0.3) is 0 Å². The molecule has 0 aliphatic carbocycles. The topological polar surface area (TPSA) is 12.0 Å². The van der Waals surface area contributed by atoms with Gasteiger partial charge in [-0.3, -0.25) is 0 Å². The van der Waals surface area contributed by atoms with Gasteiger partial charge in [0.15, 0.2) is 0 Å². The van der Waals surface area contributed by atoms with Crippen LogP contribution in [0.5, 0.6) is 0 Å². The molecule has 1 N–H and O–H groups in total. The molecule has 1 heterocycles. The number of benzene rings is 1. The molecule has 0 saturated heterocycles. The average Bonchev–Trinajstić information content (AvgIpc) is 2.66. The van der Waals surface area contributed by atoms with E-state index in [1.165, 1.54) is 23.5 Å². The molecule has 1 aromatic heterocycles. The second kappa shape index (κ2) is 7.23. The Morgan fingerprint density at radius 2 is 2.05 bits per heavy atom. The summed E-state index contributed by atoms with van der Waals surface area (Å²) >= 11 is 16.9. The van der Waals surface area contributed by atoms with Gasteiger partial charge in [0, 0.05) is 16.1 Å². The first-order valence-corrected chi connectivity index (χ1v) is 8.49. The number of halogens is 4. The molecule has 2 rings (SSSR count). The van der Waals surface area contributed by atoms with E-state index in [-0.39, 0.29) is 11.9 Å². The zero-order valence-corrected chi connectivity index (χ0v) is 14.6. The fraction of sp³-hybridized carbons (Fsp3) is 0.286. The Balaban J connectivity index is 2.27. The van der Waals surface area contributed by atoms with Crippen LogP contribution in [0, 0.1) is 5.82 Å². The molecule has 0 radical (unpaired) electrons. The second-order valence-electron chi connectivity index (χ2n) is 4.37. The number of nitrogens with one attached hydrogen (secondary N) is 1. The lowest BCUT2D eigenvalue weighted by Gasteiger charge is -2.18. The molecule has 1 atom stereocenters. The van der Waals surface area contributed by atoms with Gasteiger partial charge in [0.25, 0.3) is 0 Å². The molecule has 0 aliphatic rings. The van der Waals surface area contributed by atoms with Crippen molar-refractivity contribution in [3.63, 3.8) is 0 Å². The molecule has 0 aliphatic heterocycles. The highest BCUT2D eigenvalue weighted by atomic mass is 79.9. The van der Waals surface area contributed by atoms with Gasteiger partial charge in [-0.2, -0.15) is 0 Å². The third-order valence-corrected chi connectivity index (χ3v) is 4.85. The standard InChI is InChI=1S/C14H13BrCl2FNS/c1-2-19-12(11-7-13(16)20-14(11)17)5-8-3-9(15)6-10(18)4-8/h3-4,6-7,12,19H,2,5H2,1H3. The van der Waals surface area contributed by atoms with Gasteiger partial charge in [-0.1, -0.05) is 46.1 Å². The quantitative estimate of drug-likeness (QED) is 0.668. The van der Waals surface area contributed by atoms with Gasteiger partial charge < -0.3 is 5.32 Å². The monoisotopic (exact) mass is 395 g/mol. The van der Waals surface area contributed by atoms with Crippen molar-refractivity contribution in [2.75, 3.05) is 6.54 Å². The van der Waals surface area contributed by atoms with E-state index in [0.29, 0.717) is 15.1 Å².